The van der Waals surface area contributed by atoms with E-state index < -0.39 is 56.5 Å². The molecule has 68 valence electrons. The zero-order valence-electron chi connectivity index (χ0n) is 17.2. The SMILES string of the molecule is Cl.[2H]c1c([2H])c([2H])c(CC(NC([2H])([2H])[2H])C([2H])([2H])[2H])c([2H])c1[2H]. The molecular formula is C10H16ClN. The molecule has 0 saturated carbocycles. The first-order chi connectivity index (χ1) is 9.75. The van der Waals surface area contributed by atoms with Crippen molar-refractivity contribution in [1.29, 1.82) is 0 Å². The summed E-state index contributed by atoms with van der Waals surface area (Å²) in [4.78, 5) is 0. The predicted octanol–water partition coefficient (Wildman–Crippen LogP) is 2.26. The molecule has 1 atom stereocenters. The summed E-state index contributed by atoms with van der Waals surface area (Å²) < 4.78 is 81.5. The largest absolute Gasteiger partial charge is 0.317 e. The maximum Gasteiger partial charge on any atom is 0.0626 e. The number of nitrogens with one attached hydrogen (secondary N) is 1. The highest BCUT2D eigenvalue weighted by Crippen LogP contribution is 2.01. The van der Waals surface area contributed by atoms with Gasteiger partial charge in [0.15, 0.2) is 0 Å². The summed E-state index contributed by atoms with van der Waals surface area (Å²) in [6.45, 7) is -5.44. The molecule has 0 aliphatic carbocycles. The molecule has 0 bridgehead atoms. The van der Waals surface area contributed by atoms with E-state index in [1.165, 1.54) is 0 Å². The highest BCUT2D eigenvalue weighted by Gasteiger charge is 1.97. The molecule has 0 saturated heterocycles. The Labute approximate surface area is 96.0 Å². The van der Waals surface area contributed by atoms with Crippen LogP contribution in [0.25, 0.3) is 0 Å². The Balaban J connectivity index is 0.00000484. The van der Waals surface area contributed by atoms with Crippen LogP contribution in [0.5, 0.6) is 0 Å². The molecule has 0 aromatic heterocycles. The fraction of sp³-hybridized carbons (Fsp3) is 0.400. The summed E-state index contributed by atoms with van der Waals surface area (Å²) >= 11 is 0. The fourth-order valence-corrected chi connectivity index (χ4v) is 0.633. The highest BCUT2D eigenvalue weighted by molar-refractivity contribution is 5.85. The van der Waals surface area contributed by atoms with Gasteiger partial charge in [-0.05, 0) is 25.8 Å². The van der Waals surface area contributed by atoms with Crippen LogP contribution in [0.4, 0.5) is 0 Å². The van der Waals surface area contributed by atoms with E-state index in [0.717, 1.165) is 0 Å². The molecule has 0 amide bonds. The minimum absolute atomic E-state index is 0. The minimum Gasteiger partial charge on any atom is -0.317 e. The lowest BCUT2D eigenvalue weighted by molar-refractivity contribution is 0.608. The number of likely N-dealkylation sites (N-methyl/N-ethyl adjacent to an activating group) is 1. The van der Waals surface area contributed by atoms with E-state index in [1.807, 2.05) is 5.32 Å². The number of halogens is 1. The zero-order valence-corrected chi connectivity index (χ0v) is 7.01. The average molecular weight is 197 g/mol. The van der Waals surface area contributed by atoms with E-state index >= 15 is 0 Å². The van der Waals surface area contributed by atoms with E-state index in [4.69, 9.17) is 15.1 Å². The molecule has 1 nitrogen and oxygen atoms in total. The molecule has 1 N–H and O–H groups in total. The second kappa shape index (κ2) is 6.04. The molecule has 0 aliphatic rings. The fourth-order valence-electron chi connectivity index (χ4n) is 0.633. The normalized spacial score (nSPS) is 27.2. The predicted molar refractivity (Wildman–Crippen MR) is 55.9 cm³/mol. The first-order valence-corrected chi connectivity index (χ1v) is 3.09. The molecule has 1 aromatic carbocycles. The summed E-state index contributed by atoms with van der Waals surface area (Å²) in [5, 5.41) is 1.95. The van der Waals surface area contributed by atoms with E-state index in [-0.39, 0.29) is 18.0 Å². The molecule has 0 fully saturated rings. The van der Waals surface area contributed by atoms with Crippen molar-refractivity contribution >= 4 is 12.4 Å². The van der Waals surface area contributed by atoms with Crippen molar-refractivity contribution in [2.75, 3.05) is 6.98 Å². The first kappa shape index (κ1) is 2.73. The van der Waals surface area contributed by atoms with E-state index in [0.29, 0.717) is 0 Å². The van der Waals surface area contributed by atoms with Crippen LogP contribution in [-0.2, 0) is 6.42 Å². The quantitative estimate of drug-likeness (QED) is 0.782. The molecule has 1 aromatic rings. The third-order valence-corrected chi connectivity index (χ3v) is 1.13. The summed E-state index contributed by atoms with van der Waals surface area (Å²) in [6.07, 6.45) is -0.523. The van der Waals surface area contributed by atoms with Gasteiger partial charge in [0.05, 0.1) is 6.85 Å². The maximum atomic E-state index is 7.74. The van der Waals surface area contributed by atoms with Crippen molar-refractivity contribution in [2.24, 2.45) is 0 Å². The van der Waals surface area contributed by atoms with Gasteiger partial charge in [-0.15, -0.1) is 12.4 Å². The second-order valence-corrected chi connectivity index (χ2v) is 2.00. The molecule has 0 aliphatic heterocycles. The smallest absolute Gasteiger partial charge is 0.0626 e. The lowest BCUT2D eigenvalue weighted by Crippen LogP contribution is -2.23. The Kier molecular flexibility index (Phi) is 1.37. The summed E-state index contributed by atoms with van der Waals surface area (Å²) in [7, 11) is 0. The Morgan fingerprint density at radius 1 is 1.50 bits per heavy atom. The maximum absolute atomic E-state index is 7.74. The van der Waals surface area contributed by atoms with Crippen molar-refractivity contribution in [3.8, 4) is 0 Å². The number of hydrogen-bond donors (Lipinski definition) is 1. The van der Waals surface area contributed by atoms with Gasteiger partial charge in [0.2, 0.25) is 0 Å². The van der Waals surface area contributed by atoms with Gasteiger partial charge in [-0.25, -0.2) is 0 Å². The summed E-state index contributed by atoms with van der Waals surface area (Å²) in [6, 6.07) is -4.40. The first-order valence-electron chi connectivity index (χ1n) is 8.59. The molecule has 2 heteroatoms. The van der Waals surface area contributed by atoms with Gasteiger partial charge >= 0.3 is 0 Å². The lowest BCUT2D eigenvalue weighted by Gasteiger charge is -2.08. The van der Waals surface area contributed by atoms with Gasteiger partial charge in [-0.1, -0.05) is 30.2 Å². The van der Waals surface area contributed by atoms with Crippen molar-refractivity contribution < 1.29 is 15.1 Å². The number of hydrogen-bond acceptors (Lipinski definition) is 1. The molecule has 0 heterocycles. The Bertz CT molecular complexity index is 536. The van der Waals surface area contributed by atoms with Crippen LogP contribution < -0.4 is 5.32 Å². The van der Waals surface area contributed by atoms with E-state index in [2.05, 4.69) is 0 Å². The lowest BCUT2D eigenvalue weighted by atomic mass is 10.1. The topological polar surface area (TPSA) is 12.0 Å². The third kappa shape index (κ3) is 3.74. The van der Waals surface area contributed by atoms with Crippen LogP contribution in [0.1, 0.15) is 27.5 Å². The molecule has 1 unspecified atom stereocenters. The highest BCUT2D eigenvalue weighted by atomic mass is 35.5. The Hall–Kier alpha value is -0.530. The molecule has 0 radical (unpaired) electrons. The summed E-state index contributed by atoms with van der Waals surface area (Å²) in [5.41, 5.74) is -0.233. The number of benzene rings is 1. The van der Waals surface area contributed by atoms with Crippen LogP contribution in [0.15, 0.2) is 30.2 Å². The van der Waals surface area contributed by atoms with Gasteiger partial charge < -0.3 is 5.32 Å². The zero-order chi connectivity index (χ0) is 17.5. The molecule has 12 heavy (non-hydrogen) atoms. The Morgan fingerprint density at radius 2 is 2.25 bits per heavy atom. The average Bonchev–Trinajstić information content (AvgIpc) is 2.35. The van der Waals surface area contributed by atoms with Crippen LogP contribution in [0, 0.1) is 0 Å². The van der Waals surface area contributed by atoms with Gasteiger partial charge in [0.1, 0.15) is 0 Å². The van der Waals surface area contributed by atoms with Crippen LogP contribution in [0.2, 0.25) is 0 Å². The molecule has 0 spiro atoms. The number of rotatable bonds is 3. The minimum atomic E-state index is -2.73. The molecular weight excluding hydrogens is 170 g/mol. The Morgan fingerprint density at radius 3 is 2.83 bits per heavy atom. The van der Waals surface area contributed by atoms with Crippen molar-refractivity contribution in [3.63, 3.8) is 0 Å². The van der Waals surface area contributed by atoms with Gasteiger partial charge in [-0.3, -0.25) is 0 Å². The van der Waals surface area contributed by atoms with Crippen LogP contribution >= 0.6 is 12.4 Å². The summed E-state index contributed by atoms with van der Waals surface area (Å²) in [5.74, 6) is 0. The third-order valence-electron chi connectivity index (χ3n) is 1.13. The van der Waals surface area contributed by atoms with Gasteiger partial charge in [0, 0.05) is 14.3 Å². The van der Waals surface area contributed by atoms with Crippen molar-refractivity contribution in [1.82, 2.24) is 5.32 Å². The van der Waals surface area contributed by atoms with Crippen LogP contribution in [0.3, 0.4) is 0 Å². The van der Waals surface area contributed by atoms with E-state index in [1.54, 1.807) is 0 Å². The van der Waals surface area contributed by atoms with Crippen molar-refractivity contribution in [3.05, 3.63) is 35.8 Å². The van der Waals surface area contributed by atoms with Gasteiger partial charge in [-0.2, -0.15) is 0 Å². The standard InChI is InChI=1S/C10H15N.ClH/c1-9(11-2)8-10-6-4-3-5-7-10;/h3-7,9,11H,8H2,1-2H3;1H/i1D3,2D3,3D,4D,5D,6D,7D;. The monoisotopic (exact) mass is 196 g/mol. The second-order valence-electron chi connectivity index (χ2n) is 2.00. The molecule has 1 rings (SSSR count). The van der Waals surface area contributed by atoms with Crippen molar-refractivity contribution in [2.45, 2.75) is 19.3 Å². The van der Waals surface area contributed by atoms with Gasteiger partial charge in [0.25, 0.3) is 0 Å². The van der Waals surface area contributed by atoms with E-state index in [9.17, 15) is 0 Å². The van der Waals surface area contributed by atoms with Crippen LogP contribution in [-0.4, -0.2) is 13.0 Å².